The van der Waals surface area contributed by atoms with E-state index < -0.39 is 11.5 Å². The predicted molar refractivity (Wildman–Crippen MR) is 133 cm³/mol. The van der Waals surface area contributed by atoms with Gasteiger partial charge in [-0.25, -0.2) is 0 Å². The second-order valence-electron chi connectivity index (χ2n) is 8.00. The van der Waals surface area contributed by atoms with Gasteiger partial charge in [0.05, 0.1) is 25.5 Å². The number of methoxy groups -OCH3 is 1. The Morgan fingerprint density at radius 3 is 2.54 bits per heavy atom. The van der Waals surface area contributed by atoms with Crippen molar-refractivity contribution in [2.45, 2.75) is 20.0 Å². The van der Waals surface area contributed by atoms with Crippen LogP contribution in [0.2, 0.25) is 0 Å². The summed E-state index contributed by atoms with van der Waals surface area (Å²) in [6.07, 6.45) is 4.60. The van der Waals surface area contributed by atoms with Crippen molar-refractivity contribution in [3.63, 3.8) is 0 Å². The smallest absolute Gasteiger partial charge is 0.263 e. The summed E-state index contributed by atoms with van der Waals surface area (Å²) in [6.45, 7) is 2.30. The number of hydrogen-bond acceptors (Lipinski definition) is 5. The zero-order chi connectivity index (χ0) is 24.8. The van der Waals surface area contributed by atoms with Crippen molar-refractivity contribution in [3.8, 4) is 5.75 Å². The summed E-state index contributed by atoms with van der Waals surface area (Å²) in [6, 6.07) is 18.0. The van der Waals surface area contributed by atoms with Crippen LogP contribution in [0.1, 0.15) is 21.5 Å². The second-order valence-corrected chi connectivity index (χ2v) is 8.00. The van der Waals surface area contributed by atoms with E-state index in [1.165, 1.54) is 27.7 Å². The molecule has 35 heavy (non-hydrogen) atoms. The molecule has 0 bridgehead atoms. The minimum atomic E-state index is -0.546. The van der Waals surface area contributed by atoms with Gasteiger partial charge in [0.1, 0.15) is 17.9 Å². The highest BCUT2D eigenvalue weighted by molar-refractivity contribution is 6.03. The molecule has 0 saturated heterocycles. The van der Waals surface area contributed by atoms with Crippen LogP contribution >= 0.6 is 0 Å². The molecule has 0 unspecified atom stereocenters. The van der Waals surface area contributed by atoms with Crippen molar-refractivity contribution < 1.29 is 14.3 Å². The summed E-state index contributed by atoms with van der Waals surface area (Å²) < 4.78 is 7.99. The quantitative estimate of drug-likeness (QED) is 0.410. The third-order valence-electron chi connectivity index (χ3n) is 5.27. The number of aryl methyl sites for hydroxylation is 1. The summed E-state index contributed by atoms with van der Waals surface area (Å²) in [7, 11) is 1.57. The van der Waals surface area contributed by atoms with Crippen molar-refractivity contribution in [2.75, 3.05) is 17.7 Å². The van der Waals surface area contributed by atoms with Gasteiger partial charge in [-0.2, -0.15) is 5.10 Å². The van der Waals surface area contributed by atoms with E-state index in [9.17, 15) is 14.4 Å². The molecule has 2 aromatic heterocycles. The average molecular weight is 472 g/mol. The van der Waals surface area contributed by atoms with Gasteiger partial charge >= 0.3 is 0 Å². The fourth-order valence-electron chi connectivity index (χ4n) is 3.58. The molecule has 2 amide bonds. The molecule has 2 heterocycles. The molecule has 4 rings (SSSR count). The molecule has 0 atom stereocenters. The highest BCUT2D eigenvalue weighted by atomic mass is 16.5. The maximum absolute atomic E-state index is 12.9. The van der Waals surface area contributed by atoms with Crippen molar-refractivity contribution >= 4 is 23.2 Å². The van der Waals surface area contributed by atoms with Crippen LogP contribution < -0.4 is 20.9 Å². The van der Waals surface area contributed by atoms with Crippen molar-refractivity contribution in [1.29, 1.82) is 0 Å². The fraction of sp³-hybridized carbons (Fsp3) is 0.154. The zero-order valence-corrected chi connectivity index (χ0v) is 19.4. The van der Waals surface area contributed by atoms with Gasteiger partial charge in [-0.1, -0.05) is 29.8 Å². The maximum Gasteiger partial charge on any atom is 0.263 e. The maximum atomic E-state index is 12.9. The summed E-state index contributed by atoms with van der Waals surface area (Å²) >= 11 is 0. The largest absolute Gasteiger partial charge is 0.497 e. The Labute approximate surface area is 202 Å². The molecule has 0 aliphatic rings. The lowest BCUT2D eigenvalue weighted by Gasteiger charge is -2.09. The number of nitrogens with zero attached hydrogens (tertiary/aromatic N) is 3. The van der Waals surface area contributed by atoms with Crippen molar-refractivity contribution in [1.82, 2.24) is 14.3 Å². The van der Waals surface area contributed by atoms with Crippen LogP contribution in [0, 0.1) is 6.92 Å². The number of anilines is 2. The van der Waals surface area contributed by atoms with Gasteiger partial charge in [0, 0.05) is 18.1 Å². The van der Waals surface area contributed by atoms with E-state index in [-0.39, 0.29) is 18.0 Å². The monoisotopic (exact) mass is 471 g/mol. The zero-order valence-electron chi connectivity index (χ0n) is 19.4. The molecule has 2 N–H and O–H groups in total. The minimum absolute atomic E-state index is 0.0187. The normalized spacial score (nSPS) is 10.6. The number of hydrogen-bond donors (Lipinski definition) is 2. The predicted octanol–water partition coefficient (Wildman–Crippen LogP) is 3.30. The Bertz CT molecular complexity index is 1410. The standard InChI is InChI=1S/C26H25N5O4/c1-18-5-3-6-19(13-18)15-30-12-4-7-23(26(30)34)25(33)29-21-14-27-31(16-21)17-24(32)28-20-8-10-22(35-2)11-9-20/h3-14,16H,15,17H2,1-2H3,(H,28,32)(H,29,33). The molecule has 0 aliphatic heterocycles. The summed E-state index contributed by atoms with van der Waals surface area (Å²) in [5.41, 5.74) is 2.70. The van der Waals surface area contributed by atoms with E-state index in [1.807, 2.05) is 31.2 Å². The molecule has 9 nitrogen and oxygen atoms in total. The summed E-state index contributed by atoms with van der Waals surface area (Å²) in [5.74, 6) is -0.134. The van der Waals surface area contributed by atoms with Crippen LogP contribution in [0.5, 0.6) is 5.75 Å². The molecule has 0 radical (unpaired) electrons. The Kier molecular flexibility index (Phi) is 7.06. The Morgan fingerprint density at radius 2 is 1.80 bits per heavy atom. The molecule has 0 saturated carbocycles. The first-order valence-electron chi connectivity index (χ1n) is 10.9. The van der Waals surface area contributed by atoms with Crippen LogP contribution in [-0.2, 0) is 17.9 Å². The molecule has 0 fully saturated rings. The van der Waals surface area contributed by atoms with E-state index in [0.29, 0.717) is 23.7 Å². The van der Waals surface area contributed by atoms with Gasteiger partial charge in [-0.3, -0.25) is 19.1 Å². The number of nitrogens with one attached hydrogen (secondary N) is 2. The van der Waals surface area contributed by atoms with Gasteiger partial charge in [0.25, 0.3) is 11.5 Å². The summed E-state index contributed by atoms with van der Waals surface area (Å²) in [4.78, 5) is 38.0. The van der Waals surface area contributed by atoms with E-state index in [2.05, 4.69) is 15.7 Å². The number of ether oxygens (including phenoxy) is 1. The number of rotatable bonds is 8. The lowest BCUT2D eigenvalue weighted by molar-refractivity contribution is -0.116. The van der Waals surface area contributed by atoms with Crippen LogP contribution in [0.3, 0.4) is 0 Å². The van der Waals surface area contributed by atoms with Gasteiger partial charge in [0.2, 0.25) is 5.91 Å². The topological polar surface area (TPSA) is 107 Å². The van der Waals surface area contributed by atoms with Gasteiger partial charge in [0.15, 0.2) is 0 Å². The Morgan fingerprint density at radius 1 is 1.00 bits per heavy atom. The van der Waals surface area contributed by atoms with E-state index in [4.69, 9.17) is 4.74 Å². The first-order chi connectivity index (χ1) is 16.9. The van der Waals surface area contributed by atoms with E-state index in [1.54, 1.807) is 43.6 Å². The first-order valence-corrected chi connectivity index (χ1v) is 10.9. The molecule has 0 spiro atoms. The van der Waals surface area contributed by atoms with Crippen molar-refractivity contribution in [3.05, 3.63) is 106 Å². The average Bonchev–Trinajstić information content (AvgIpc) is 3.27. The van der Waals surface area contributed by atoms with Crippen LogP contribution in [0.25, 0.3) is 0 Å². The molecular formula is C26H25N5O4. The van der Waals surface area contributed by atoms with Gasteiger partial charge < -0.3 is 19.9 Å². The second kappa shape index (κ2) is 10.5. The number of benzene rings is 2. The SMILES string of the molecule is COc1ccc(NC(=O)Cn2cc(NC(=O)c3cccn(Cc4cccc(C)c4)c3=O)cn2)cc1. The van der Waals surface area contributed by atoms with Crippen LogP contribution in [0.4, 0.5) is 11.4 Å². The third kappa shape index (κ3) is 6.02. The van der Waals surface area contributed by atoms with Crippen LogP contribution in [0.15, 0.2) is 84.0 Å². The lowest BCUT2D eigenvalue weighted by atomic mass is 10.1. The molecule has 4 aromatic rings. The number of aromatic nitrogens is 3. The molecule has 178 valence electrons. The van der Waals surface area contributed by atoms with Gasteiger partial charge in [-0.05, 0) is 48.9 Å². The van der Waals surface area contributed by atoms with E-state index >= 15 is 0 Å². The van der Waals surface area contributed by atoms with Gasteiger partial charge in [-0.15, -0.1) is 0 Å². The molecule has 9 heteroatoms. The number of amides is 2. The molecule has 2 aromatic carbocycles. The minimum Gasteiger partial charge on any atom is -0.497 e. The first kappa shape index (κ1) is 23.5. The number of carbonyl (C=O) groups excluding carboxylic acids is 2. The highest BCUT2D eigenvalue weighted by Gasteiger charge is 2.14. The number of carbonyl (C=O) groups is 2. The number of pyridine rings is 1. The lowest BCUT2D eigenvalue weighted by Crippen LogP contribution is -2.29. The van der Waals surface area contributed by atoms with E-state index in [0.717, 1.165) is 11.1 Å². The van der Waals surface area contributed by atoms with Crippen molar-refractivity contribution in [2.24, 2.45) is 0 Å². The Balaban J connectivity index is 1.38. The Hall–Kier alpha value is -4.66. The molecular weight excluding hydrogens is 446 g/mol. The highest BCUT2D eigenvalue weighted by Crippen LogP contribution is 2.15. The van der Waals surface area contributed by atoms with Crippen LogP contribution in [-0.4, -0.2) is 33.3 Å². The summed E-state index contributed by atoms with van der Waals surface area (Å²) in [5, 5.41) is 9.56. The molecule has 0 aliphatic carbocycles. The third-order valence-corrected chi connectivity index (χ3v) is 5.27. The fourth-order valence-corrected chi connectivity index (χ4v) is 3.58.